The van der Waals surface area contributed by atoms with Gasteiger partial charge in [0.2, 0.25) is 5.78 Å². The van der Waals surface area contributed by atoms with Crippen LogP contribution in [0.1, 0.15) is 80.3 Å². The minimum Gasteiger partial charge on any atom is -0.394 e. The first-order valence-electron chi connectivity index (χ1n) is 14.4. The van der Waals surface area contributed by atoms with Crippen LogP contribution in [0.25, 0.3) is 16.9 Å². The fourth-order valence-corrected chi connectivity index (χ4v) is 6.70. The van der Waals surface area contributed by atoms with Gasteiger partial charge in [-0.1, -0.05) is 55.8 Å². The number of aryl methyl sites for hydroxylation is 1. The Balaban J connectivity index is 1.34. The molecule has 4 aromatic rings. The summed E-state index contributed by atoms with van der Waals surface area (Å²) in [7, 11) is 0. The number of ether oxygens (including phenoxy) is 1. The SMILES string of the molecule is CCCc1c(Cc2ccc(-c3ccccc3C#N)cc2)c(=O)n(C2CCC3(CCC(CO)O3)CC2)c2ncnn12. The lowest BCUT2D eigenvalue weighted by atomic mass is 9.80. The van der Waals surface area contributed by atoms with Crippen molar-refractivity contribution in [3.8, 4) is 17.2 Å². The molecule has 1 aliphatic heterocycles. The first kappa shape index (κ1) is 26.4. The predicted octanol–water partition coefficient (Wildman–Crippen LogP) is 5.00. The highest BCUT2D eigenvalue weighted by Crippen LogP contribution is 2.45. The van der Waals surface area contributed by atoms with Crippen LogP contribution in [0.4, 0.5) is 0 Å². The van der Waals surface area contributed by atoms with Crippen molar-refractivity contribution in [1.82, 2.24) is 19.2 Å². The standard InChI is InChI=1S/C32H35N5O3/c1-2-5-29-28(18-22-8-10-23(11-9-22)27-7-4-3-6-24(27)19-33)30(39)36(31-34-21-35-37(29)31)25-12-15-32(16-13-25)17-14-26(20-38)40-32/h3-4,6-11,21,25-26,38H,2,5,12-18,20H2,1H3. The van der Waals surface area contributed by atoms with E-state index in [1.165, 1.54) is 0 Å². The Hall–Kier alpha value is -3.80. The van der Waals surface area contributed by atoms with E-state index < -0.39 is 0 Å². The molecule has 40 heavy (non-hydrogen) atoms. The summed E-state index contributed by atoms with van der Waals surface area (Å²) >= 11 is 0. The lowest BCUT2D eigenvalue weighted by Crippen LogP contribution is -2.39. The number of nitriles is 1. The van der Waals surface area contributed by atoms with Gasteiger partial charge in [0.25, 0.3) is 5.56 Å². The maximum absolute atomic E-state index is 14.2. The van der Waals surface area contributed by atoms with E-state index in [0.717, 1.165) is 79.3 Å². The van der Waals surface area contributed by atoms with Crippen molar-refractivity contribution < 1.29 is 9.84 Å². The molecule has 3 heterocycles. The lowest BCUT2D eigenvalue weighted by molar-refractivity contribution is -0.0833. The molecule has 1 aliphatic carbocycles. The molecule has 0 bridgehead atoms. The normalized spacial score (nSPS) is 22.6. The van der Waals surface area contributed by atoms with Gasteiger partial charge >= 0.3 is 0 Å². The molecule has 2 aromatic heterocycles. The highest BCUT2D eigenvalue weighted by atomic mass is 16.5. The van der Waals surface area contributed by atoms with Crippen molar-refractivity contribution in [2.75, 3.05) is 6.61 Å². The smallest absolute Gasteiger partial charge is 0.259 e. The van der Waals surface area contributed by atoms with Crippen LogP contribution in [-0.2, 0) is 17.6 Å². The molecule has 0 amide bonds. The second-order valence-electron chi connectivity index (χ2n) is 11.2. The van der Waals surface area contributed by atoms with E-state index in [-0.39, 0.29) is 29.9 Å². The third kappa shape index (κ3) is 4.74. The number of hydrogen-bond donors (Lipinski definition) is 1. The van der Waals surface area contributed by atoms with Gasteiger partial charge in [-0.2, -0.15) is 15.3 Å². The number of rotatable bonds is 7. The fraction of sp³-hybridized carbons (Fsp3) is 0.438. The zero-order valence-corrected chi connectivity index (χ0v) is 22.9. The van der Waals surface area contributed by atoms with Gasteiger partial charge in [-0.15, -0.1) is 0 Å². The Morgan fingerprint density at radius 3 is 2.55 bits per heavy atom. The molecule has 206 valence electrons. The number of fused-ring (bicyclic) bond motifs is 1. The Labute approximate surface area is 233 Å². The van der Waals surface area contributed by atoms with Crippen LogP contribution < -0.4 is 5.56 Å². The maximum atomic E-state index is 14.2. The lowest BCUT2D eigenvalue weighted by Gasteiger charge is -2.37. The van der Waals surface area contributed by atoms with Crippen LogP contribution in [0.15, 0.2) is 59.7 Å². The Kier molecular flexibility index (Phi) is 7.26. The van der Waals surface area contributed by atoms with E-state index >= 15 is 0 Å². The third-order valence-electron chi connectivity index (χ3n) is 8.78. The van der Waals surface area contributed by atoms with Crippen LogP contribution in [0.5, 0.6) is 0 Å². The minimum absolute atomic E-state index is 0.0179. The van der Waals surface area contributed by atoms with Crippen molar-refractivity contribution in [2.45, 2.75) is 82.5 Å². The van der Waals surface area contributed by atoms with Crippen molar-refractivity contribution in [3.63, 3.8) is 0 Å². The summed E-state index contributed by atoms with van der Waals surface area (Å²) in [5.41, 5.74) is 5.10. The van der Waals surface area contributed by atoms with Gasteiger partial charge in [-0.05, 0) is 67.7 Å². The molecule has 2 aliphatic rings. The van der Waals surface area contributed by atoms with E-state index in [0.29, 0.717) is 17.8 Å². The van der Waals surface area contributed by atoms with E-state index in [9.17, 15) is 15.2 Å². The van der Waals surface area contributed by atoms with E-state index in [1.54, 1.807) is 6.33 Å². The Morgan fingerprint density at radius 2 is 1.85 bits per heavy atom. The molecule has 1 atom stereocenters. The number of hydrogen-bond acceptors (Lipinski definition) is 6. The van der Waals surface area contributed by atoms with Crippen LogP contribution in [0, 0.1) is 11.3 Å². The second kappa shape index (κ2) is 11.0. The number of benzene rings is 2. The van der Waals surface area contributed by atoms with E-state index in [1.807, 2.05) is 57.6 Å². The quantitative estimate of drug-likeness (QED) is 0.356. The highest BCUT2D eigenvalue weighted by Gasteiger charge is 2.43. The average molecular weight is 538 g/mol. The maximum Gasteiger partial charge on any atom is 0.259 e. The van der Waals surface area contributed by atoms with Crippen LogP contribution >= 0.6 is 0 Å². The summed E-state index contributed by atoms with van der Waals surface area (Å²) < 4.78 is 10.00. The van der Waals surface area contributed by atoms with Gasteiger partial charge < -0.3 is 9.84 Å². The van der Waals surface area contributed by atoms with Crippen molar-refractivity contribution in [2.24, 2.45) is 0 Å². The molecule has 8 nitrogen and oxygen atoms in total. The number of aliphatic hydroxyl groups is 1. The first-order chi connectivity index (χ1) is 19.6. The molecule has 8 heteroatoms. The molecule has 1 unspecified atom stereocenters. The summed E-state index contributed by atoms with van der Waals surface area (Å²) in [5, 5.41) is 23.6. The summed E-state index contributed by atoms with van der Waals surface area (Å²) in [6.45, 7) is 2.18. The first-order valence-corrected chi connectivity index (χ1v) is 14.4. The van der Waals surface area contributed by atoms with Gasteiger partial charge in [-0.3, -0.25) is 9.36 Å². The fourth-order valence-electron chi connectivity index (χ4n) is 6.70. The van der Waals surface area contributed by atoms with Gasteiger partial charge in [0.1, 0.15) is 6.33 Å². The molecule has 2 fully saturated rings. The zero-order chi connectivity index (χ0) is 27.7. The number of aromatic nitrogens is 4. The number of nitrogens with zero attached hydrogens (tertiary/aromatic N) is 5. The molecule has 0 radical (unpaired) electrons. The van der Waals surface area contributed by atoms with Gasteiger partial charge in [-0.25, -0.2) is 4.52 Å². The van der Waals surface area contributed by atoms with E-state index in [4.69, 9.17) is 4.74 Å². The average Bonchev–Trinajstić information content (AvgIpc) is 3.64. The Bertz CT molecular complexity index is 1610. The summed E-state index contributed by atoms with van der Waals surface area (Å²) in [5.74, 6) is 0.613. The van der Waals surface area contributed by atoms with E-state index in [2.05, 4.69) is 23.1 Å². The Morgan fingerprint density at radius 1 is 1.10 bits per heavy atom. The van der Waals surface area contributed by atoms with Gasteiger partial charge in [0.05, 0.1) is 35.6 Å². The summed E-state index contributed by atoms with van der Waals surface area (Å²) in [4.78, 5) is 18.8. The highest BCUT2D eigenvalue weighted by molar-refractivity contribution is 5.70. The summed E-state index contributed by atoms with van der Waals surface area (Å²) in [6.07, 6.45) is 8.89. The largest absolute Gasteiger partial charge is 0.394 e. The topological polar surface area (TPSA) is 105 Å². The van der Waals surface area contributed by atoms with Gasteiger partial charge in [0, 0.05) is 18.0 Å². The molecular formula is C32H35N5O3. The van der Waals surface area contributed by atoms with Crippen LogP contribution in [0.2, 0.25) is 0 Å². The van der Waals surface area contributed by atoms with Crippen molar-refractivity contribution >= 4 is 5.78 Å². The molecule has 6 rings (SSSR count). The van der Waals surface area contributed by atoms with Gasteiger partial charge in [0.15, 0.2) is 0 Å². The zero-order valence-electron chi connectivity index (χ0n) is 22.9. The molecule has 1 N–H and O–H groups in total. The number of aliphatic hydroxyl groups excluding tert-OH is 1. The monoisotopic (exact) mass is 537 g/mol. The van der Waals surface area contributed by atoms with Crippen LogP contribution in [0.3, 0.4) is 0 Å². The molecule has 1 saturated heterocycles. The molecule has 1 saturated carbocycles. The predicted molar refractivity (Wildman–Crippen MR) is 152 cm³/mol. The molecular weight excluding hydrogens is 502 g/mol. The molecule has 2 aromatic carbocycles. The second-order valence-corrected chi connectivity index (χ2v) is 11.2. The van der Waals surface area contributed by atoms with Crippen LogP contribution in [-0.4, -0.2) is 42.6 Å². The van der Waals surface area contributed by atoms with Crippen molar-refractivity contribution in [1.29, 1.82) is 5.26 Å². The third-order valence-corrected chi connectivity index (χ3v) is 8.78. The summed E-state index contributed by atoms with van der Waals surface area (Å²) in [6, 6.07) is 18.0. The van der Waals surface area contributed by atoms with Crippen molar-refractivity contribution in [3.05, 3.63) is 87.6 Å². The molecule has 1 spiro atoms. The minimum atomic E-state index is -0.172.